The van der Waals surface area contributed by atoms with E-state index in [0.29, 0.717) is 38.2 Å². The van der Waals surface area contributed by atoms with E-state index in [9.17, 15) is 14.0 Å². The molecule has 2 fully saturated rings. The Kier molecular flexibility index (Phi) is 5.98. The fourth-order valence-electron chi connectivity index (χ4n) is 5.07. The van der Waals surface area contributed by atoms with Gasteiger partial charge in [-0.1, -0.05) is 19.1 Å². The van der Waals surface area contributed by atoms with Gasteiger partial charge in [-0.15, -0.1) is 0 Å². The van der Waals surface area contributed by atoms with Crippen molar-refractivity contribution in [3.05, 3.63) is 60.2 Å². The van der Waals surface area contributed by atoms with Gasteiger partial charge in [0, 0.05) is 31.6 Å². The maximum atomic E-state index is 13.3. The van der Waals surface area contributed by atoms with Gasteiger partial charge in [0.1, 0.15) is 23.8 Å². The number of fused-ring (bicyclic) bond motifs is 1. The summed E-state index contributed by atoms with van der Waals surface area (Å²) in [6.07, 6.45) is 3.38. The second kappa shape index (κ2) is 9.08. The SMILES string of the molecule is CCCc1nc2ccccc2n1CC(=O)N1CCC[C@]2(CC1)CN(c1ccc(F)cc1)C(=O)O2. The lowest BCUT2D eigenvalue weighted by Crippen LogP contribution is -2.38. The molecule has 2 aliphatic heterocycles. The van der Waals surface area contributed by atoms with E-state index in [2.05, 4.69) is 6.92 Å². The number of halogens is 1. The first kappa shape index (κ1) is 22.4. The number of aromatic nitrogens is 2. The van der Waals surface area contributed by atoms with Crippen LogP contribution in [0.4, 0.5) is 14.9 Å². The topological polar surface area (TPSA) is 67.7 Å². The lowest BCUT2D eigenvalue weighted by Gasteiger charge is -2.26. The van der Waals surface area contributed by atoms with Crippen LogP contribution in [0, 0.1) is 5.82 Å². The van der Waals surface area contributed by atoms with E-state index in [1.165, 1.54) is 12.1 Å². The summed E-state index contributed by atoms with van der Waals surface area (Å²) in [6.45, 7) is 3.93. The van der Waals surface area contributed by atoms with Gasteiger partial charge in [0.25, 0.3) is 0 Å². The smallest absolute Gasteiger partial charge is 0.415 e. The van der Waals surface area contributed by atoms with Gasteiger partial charge < -0.3 is 14.2 Å². The van der Waals surface area contributed by atoms with Crippen molar-refractivity contribution in [3.8, 4) is 0 Å². The highest BCUT2D eigenvalue weighted by Crippen LogP contribution is 2.36. The van der Waals surface area contributed by atoms with Crippen LogP contribution >= 0.6 is 0 Å². The number of para-hydroxylation sites is 2. The molecule has 2 amide bonds. The number of benzene rings is 2. The van der Waals surface area contributed by atoms with E-state index < -0.39 is 11.7 Å². The summed E-state index contributed by atoms with van der Waals surface area (Å²) in [4.78, 5) is 34.1. The Morgan fingerprint density at radius 1 is 1.12 bits per heavy atom. The highest BCUT2D eigenvalue weighted by molar-refractivity contribution is 5.90. The van der Waals surface area contributed by atoms with Gasteiger partial charge in [-0.3, -0.25) is 9.69 Å². The van der Waals surface area contributed by atoms with E-state index in [4.69, 9.17) is 9.72 Å². The zero-order valence-corrected chi connectivity index (χ0v) is 19.4. The Balaban J connectivity index is 1.29. The highest BCUT2D eigenvalue weighted by Gasteiger charge is 2.46. The average molecular weight is 465 g/mol. The van der Waals surface area contributed by atoms with Crippen LogP contribution in [0.1, 0.15) is 38.4 Å². The summed E-state index contributed by atoms with van der Waals surface area (Å²) < 4.78 is 21.2. The number of anilines is 1. The summed E-state index contributed by atoms with van der Waals surface area (Å²) in [6, 6.07) is 13.8. The molecule has 1 spiro atoms. The largest absolute Gasteiger partial charge is 0.441 e. The number of hydrogen-bond donors (Lipinski definition) is 0. The maximum absolute atomic E-state index is 13.3. The molecule has 2 aromatic carbocycles. The predicted molar refractivity (Wildman–Crippen MR) is 127 cm³/mol. The molecule has 0 saturated carbocycles. The van der Waals surface area contributed by atoms with Crippen LogP contribution in [0.5, 0.6) is 0 Å². The quantitative estimate of drug-likeness (QED) is 0.556. The molecule has 1 atom stereocenters. The van der Waals surface area contributed by atoms with Crippen LogP contribution < -0.4 is 4.90 Å². The Hall–Kier alpha value is -3.42. The van der Waals surface area contributed by atoms with Crippen molar-refractivity contribution < 1.29 is 18.7 Å². The van der Waals surface area contributed by atoms with Gasteiger partial charge in [0.2, 0.25) is 5.91 Å². The van der Waals surface area contributed by atoms with E-state index in [1.807, 2.05) is 33.7 Å². The van der Waals surface area contributed by atoms with Crippen molar-refractivity contribution in [3.63, 3.8) is 0 Å². The summed E-state index contributed by atoms with van der Waals surface area (Å²) in [5.74, 6) is 0.641. The molecule has 0 N–H and O–H groups in total. The van der Waals surface area contributed by atoms with Crippen molar-refractivity contribution >= 4 is 28.7 Å². The van der Waals surface area contributed by atoms with Gasteiger partial charge >= 0.3 is 6.09 Å². The molecule has 2 saturated heterocycles. The highest BCUT2D eigenvalue weighted by atomic mass is 19.1. The minimum absolute atomic E-state index is 0.0530. The van der Waals surface area contributed by atoms with E-state index in [-0.39, 0.29) is 18.3 Å². The predicted octanol–water partition coefficient (Wildman–Crippen LogP) is 4.54. The zero-order chi connectivity index (χ0) is 23.7. The molecule has 7 nitrogen and oxygen atoms in total. The zero-order valence-electron chi connectivity index (χ0n) is 19.4. The van der Waals surface area contributed by atoms with Crippen molar-refractivity contribution in [2.45, 2.75) is 51.2 Å². The minimum Gasteiger partial charge on any atom is -0.441 e. The number of rotatable bonds is 5. The average Bonchev–Trinajstić information content (AvgIpc) is 3.25. The first-order chi connectivity index (χ1) is 16.5. The van der Waals surface area contributed by atoms with Crippen LogP contribution in [0.3, 0.4) is 0 Å². The third kappa shape index (κ3) is 4.24. The van der Waals surface area contributed by atoms with Crippen molar-refractivity contribution in [1.82, 2.24) is 14.5 Å². The van der Waals surface area contributed by atoms with Crippen LogP contribution in [-0.2, 0) is 22.5 Å². The molecule has 0 aliphatic carbocycles. The van der Waals surface area contributed by atoms with E-state index in [0.717, 1.165) is 36.1 Å². The van der Waals surface area contributed by atoms with E-state index in [1.54, 1.807) is 17.0 Å². The molecular formula is C26H29FN4O3. The molecular weight excluding hydrogens is 435 g/mol. The second-order valence-electron chi connectivity index (χ2n) is 9.20. The molecule has 34 heavy (non-hydrogen) atoms. The minimum atomic E-state index is -0.629. The Morgan fingerprint density at radius 3 is 2.71 bits per heavy atom. The fourth-order valence-corrected chi connectivity index (χ4v) is 5.07. The third-order valence-electron chi connectivity index (χ3n) is 6.86. The molecule has 2 aliphatic rings. The van der Waals surface area contributed by atoms with Crippen LogP contribution in [-0.4, -0.2) is 51.7 Å². The number of aryl methyl sites for hydroxylation is 1. The molecule has 3 aromatic rings. The Morgan fingerprint density at radius 2 is 1.91 bits per heavy atom. The molecule has 3 heterocycles. The molecule has 5 rings (SSSR count). The van der Waals surface area contributed by atoms with Gasteiger partial charge in [-0.25, -0.2) is 14.2 Å². The number of ether oxygens (including phenoxy) is 1. The number of hydrogen-bond acceptors (Lipinski definition) is 4. The van der Waals surface area contributed by atoms with Gasteiger partial charge in [-0.2, -0.15) is 0 Å². The summed E-state index contributed by atoms with van der Waals surface area (Å²) in [5.41, 5.74) is 1.88. The number of carbonyl (C=O) groups is 2. The molecule has 0 bridgehead atoms. The van der Waals surface area contributed by atoms with Crippen LogP contribution in [0.2, 0.25) is 0 Å². The van der Waals surface area contributed by atoms with Crippen molar-refractivity contribution in [2.24, 2.45) is 0 Å². The first-order valence-electron chi connectivity index (χ1n) is 12.0. The normalized spacial score (nSPS) is 20.7. The van der Waals surface area contributed by atoms with E-state index >= 15 is 0 Å². The summed E-state index contributed by atoms with van der Waals surface area (Å²) >= 11 is 0. The van der Waals surface area contributed by atoms with Crippen LogP contribution in [0.25, 0.3) is 11.0 Å². The lowest BCUT2D eigenvalue weighted by molar-refractivity contribution is -0.131. The van der Waals surface area contributed by atoms with Crippen molar-refractivity contribution in [1.29, 1.82) is 0 Å². The summed E-state index contributed by atoms with van der Waals surface area (Å²) in [5, 5.41) is 0. The number of amides is 2. The molecule has 8 heteroatoms. The number of carbonyl (C=O) groups excluding carboxylic acids is 2. The van der Waals surface area contributed by atoms with Crippen molar-refractivity contribution in [2.75, 3.05) is 24.5 Å². The monoisotopic (exact) mass is 464 g/mol. The third-order valence-corrected chi connectivity index (χ3v) is 6.86. The Bertz CT molecular complexity index is 1210. The second-order valence-corrected chi connectivity index (χ2v) is 9.20. The number of imidazole rings is 1. The molecule has 178 valence electrons. The lowest BCUT2D eigenvalue weighted by atomic mass is 9.95. The molecule has 1 aromatic heterocycles. The van der Waals surface area contributed by atoms with Gasteiger partial charge in [0.15, 0.2) is 0 Å². The molecule has 0 radical (unpaired) electrons. The molecule has 0 unspecified atom stereocenters. The Labute approximate surface area is 198 Å². The standard InChI is InChI=1S/C26H29FN4O3/c1-2-6-23-28-21-7-3-4-8-22(21)30(23)17-24(32)29-15-5-13-26(14-16-29)18-31(25(33)34-26)20-11-9-19(27)10-12-20/h3-4,7-12H,2,5-6,13-18H2,1H3/t26-/m0/s1. The van der Waals surface area contributed by atoms with Gasteiger partial charge in [-0.05, 0) is 55.7 Å². The maximum Gasteiger partial charge on any atom is 0.415 e. The van der Waals surface area contributed by atoms with Crippen LogP contribution in [0.15, 0.2) is 48.5 Å². The van der Waals surface area contributed by atoms with Gasteiger partial charge in [0.05, 0.1) is 17.6 Å². The summed E-state index contributed by atoms with van der Waals surface area (Å²) in [7, 11) is 0. The number of nitrogens with zero attached hydrogens (tertiary/aromatic N) is 4. The number of likely N-dealkylation sites (tertiary alicyclic amines) is 1. The first-order valence-corrected chi connectivity index (χ1v) is 12.0. The fraction of sp³-hybridized carbons (Fsp3) is 0.423.